The third kappa shape index (κ3) is 4.43. The molecule has 0 spiro atoms. The number of fused-ring (bicyclic) bond motifs is 1. The molecule has 1 N–H and O–H groups in total. The number of likely N-dealkylation sites (tertiary alicyclic amines) is 1. The van der Waals surface area contributed by atoms with Crippen LogP contribution in [0, 0.1) is 19.8 Å². The zero-order valence-electron chi connectivity index (χ0n) is 18.1. The predicted molar refractivity (Wildman–Crippen MR) is 113 cm³/mol. The van der Waals surface area contributed by atoms with E-state index in [1.807, 2.05) is 43.0 Å². The first kappa shape index (κ1) is 21.7. The second-order valence-corrected chi connectivity index (χ2v) is 8.98. The topological polar surface area (TPSA) is 50.2 Å². The van der Waals surface area contributed by atoms with Gasteiger partial charge in [0.2, 0.25) is 5.91 Å². The van der Waals surface area contributed by atoms with Gasteiger partial charge in [-0.2, -0.15) is 18.3 Å². The van der Waals surface area contributed by atoms with E-state index >= 15 is 0 Å². The van der Waals surface area contributed by atoms with Gasteiger partial charge in [-0.3, -0.25) is 4.79 Å². The van der Waals surface area contributed by atoms with Crippen molar-refractivity contribution in [3.8, 4) is 0 Å². The molecule has 1 saturated heterocycles. The van der Waals surface area contributed by atoms with Crippen molar-refractivity contribution in [3.05, 3.63) is 47.2 Å². The maximum Gasteiger partial charge on any atom is 0.410 e. The molecule has 168 valence electrons. The monoisotopic (exact) mass is 434 g/mol. The maximum atomic E-state index is 13.7. The summed E-state index contributed by atoms with van der Waals surface area (Å²) in [5.74, 6) is 0.146. The van der Waals surface area contributed by atoms with E-state index in [4.69, 9.17) is 0 Å². The molecule has 0 aliphatic carbocycles. The van der Waals surface area contributed by atoms with E-state index in [0.717, 1.165) is 28.7 Å². The molecule has 0 bridgehead atoms. The average Bonchev–Trinajstić information content (AvgIpc) is 3.11. The molecule has 2 aromatic rings. The number of halogens is 3. The minimum atomic E-state index is -4.36. The summed E-state index contributed by atoms with van der Waals surface area (Å²) >= 11 is 0. The van der Waals surface area contributed by atoms with Crippen molar-refractivity contribution in [2.24, 2.45) is 5.92 Å². The van der Waals surface area contributed by atoms with Crippen LogP contribution in [-0.2, 0) is 4.79 Å². The highest BCUT2D eigenvalue weighted by Gasteiger charge is 2.48. The Balaban J connectivity index is 1.49. The highest BCUT2D eigenvalue weighted by atomic mass is 19.4. The Hall–Kier alpha value is -2.51. The van der Waals surface area contributed by atoms with Crippen LogP contribution in [0.2, 0.25) is 0 Å². The lowest BCUT2D eigenvalue weighted by Crippen LogP contribution is -2.49. The summed E-state index contributed by atoms with van der Waals surface area (Å²) < 4.78 is 42.3. The minimum Gasteiger partial charge on any atom is -0.367 e. The molecular weight excluding hydrogens is 405 g/mol. The van der Waals surface area contributed by atoms with Crippen molar-refractivity contribution in [2.75, 3.05) is 18.4 Å². The number of nitrogens with one attached hydrogen (secondary N) is 1. The third-order valence-corrected chi connectivity index (χ3v) is 6.63. The summed E-state index contributed by atoms with van der Waals surface area (Å²) in [6, 6.07) is 7.61. The molecule has 1 amide bonds. The number of piperidine rings is 1. The number of nitrogens with zero attached hydrogens (tertiary/aromatic N) is 3. The van der Waals surface area contributed by atoms with Crippen LogP contribution < -0.4 is 5.32 Å². The van der Waals surface area contributed by atoms with E-state index in [1.54, 1.807) is 13.0 Å². The van der Waals surface area contributed by atoms with Crippen molar-refractivity contribution in [1.82, 2.24) is 14.7 Å². The van der Waals surface area contributed by atoms with Crippen LogP contribution in [0.25, 0.3) is 0 Å². The maximum absolute atomic E-state index is 13.7. The van der Waals surface area contributed by atoms with Crippen molar-refractivity contribution >= 4 is 11.7 Å². The normalized spacial score (nSPS) is 25.0. The van der Waals surface area contributed by atoms with Gasteiger partial charge in [-0.25, -0.2) is 4.68 Å². The highest BCUT2D eigenvalue weighted by molar-refractivity contribution is 5.83. The first-order valence-corrected chi connectivity index (χ1v) is 10.9. The molecule has 2 aliphatic rings. The number of alkyl halides is 3. The molecule has 31 heavy (non-hydrogen) atoms. The molecule has 4 atom stereocenters. The molecule has 0 unspecified atom stereocenters. The number of hydrogen-bond donors (Lipinski definition) is 1. The first-order chi connectivity index (χ1) is 14.6. The lowest BCUT2D eigenvalue weighted by molar-refractivity contribution is -0.175. The zero-order valence-corrected chi connectivity index (χ0v) is 18.1. The van der Waals surface area contributed by atoms with Gasteiger partial charge in [0.15, 0.2) is 6.04 Å². The molecule has 4 rings (SSSR count). The molecule has 5 nitrogen and oxygen atoms in total. The van der Waals surface area contributed by atoms with Crippen molar-refractivity contribution < 1.29 is 18.0 Å². The molecule has 3 heterocycles. The summed E-state index contributed by atoms with van der Waals surface area (Å²) in [5, 5.41) is 7.33. The fourth-order valence-corrected chi connectivity index (χ4v) is 4.84. The van der Waals surface area contributed by atoms with Gasteiger partial charge in [0, 0.05) is 25.2 Å². The molecule has 0 radical (unpaired) electrons. The van der Waals surface area contributed by atoms with Gasteiger partial charge >= 0.3 is 6.18 Å². The van der Waals surface area contributed by atoms with Crippen LogP contribution in [-0.4, -0.2) is 45.9 Å². The van der Waals surface area contributed by atoms with Gasteiger partial charge in [0.1, 0.15) is 5.82 Å². The fraction of sp³-hybridized carbons (Fsp3) is 0.565. The van der Waals surface area contributed by atoms with Crippen LogP contribution in [0.1, 0.15) is 55.0 Å². The standard InChI is InChI=1S/C23H29F3N4O/c1-14-6-8-17(9-7-14)16(3)22(31)29-10-4-5-18(13-29)19-12-20(23(24,25)26)30-21(27-19)11-15(2)28-30/h6-9,11,16,18-20,27H,4-5,10,12-13H2,1-3H3/t16-,18-,19+,20-/m1/s1. The number of aromatic nitrogens is 2. The summed E-state index contributed by atoms with van der Waals surface area (Å²) in [6.45, 7) is 6.73. The van der Waals surface area contributed by atoms with Gasteiger partial charge in [-0.05, 0) is 51.5 Å². The SMILES string of the molecule is Cc1ccc([C@@H](C)C(=O)N2CCC[C@@H]([C@@H]3C[C@H](C(F)(F)F)n4nc(C)cc4N3)C2)cc1. The number of amides is 1. The highest BCUT2D eigenvalue weighted by Crippen LogP contribution is 2.42. The Morgan fingerprint density at radius 1 is 1.23 bits per heavy atom. The summed E-state index contributed by atoms with van der Waals surface area (Å²) in [5.41, 5.74) is 2.66. The predicted octanol–water partition coefficient (Wildman–Crippen LogP) is 4.83. The fourth-order valence-electron chi connectivity index (χ4n) is 4.84. The van der Waals surface area contributed by atoms with E-state index in [1.165, 1.54) is 0 Å². The summed E-state index contributed by atoms with van der Waals surface area (Å²) in [6.07, 6.45) is -2.84. The number of anilines is 1. The van der Waals surface area contributed by atoms with Gasteiger partial charge in [-0.15, -0.1) is 0 Å². The molecule has 0 saturated carbocycles. The molecule has 8 heteroatoms. The molecule has 1 aromatic carbocycles. The minimum absolute atomic E-state index is 0.0308. The zero-order chi connectivity index (χ0) is 22.3. The number of benzene rings is 1. The summed E-state index contributed by atoms with van der Waals surface area (Å²) in [4.78, 5) is 15.0. The average molecular weight is 435 g/mol. The Morgan fingerprint density at radius 2 is 1.94 bits per heavy atom. The molecule has 1 fully saturated rings. The van der Waals surface area contributed by atoms with Crippen LogP contribution in [0.5, 0.6) is 0 Å². The van der Waals surface area contributed by atoms with Gasteiger partial charge in [-0.1, -0.05) is 29.8 Å². The molecule has 2 aliphatic heterocycles. The Kier molecular flexibility index (Phi) is 5.75. The largest absolute Gasteiger partial charge is 0.410 e. The van der Waals surface area contributed by atoms with Gasteiger partial charge in [0.25, 0.3) is 0 Å². The number of carbonyl (C=O) groups is 1. The second-order valence-electron chi connectivity index (χ2n) is 8.98. The number of aryl methyl sites for hydroxylation is 2. The van der Waals surface area contributed by atoms with Crippen molar-refractivity contribution in [1.29, 1.82) is 0 Å². The van der Waals surface area contributed by atoms with E-state index in [9.17, 15) is 18.0 Å². The van der Waals surface area contributed by atoms with E-state index in [2.05, 4.69) is 10.4 Å². The Labute approximate surface area is 180 Å². The van der Waals surface area contributed by atoms with Crippen LogP contribution >= 0.6 is 0 Å². The van der Waals surface area contributed by atoms with Crippen molar-refractivity contribution in [2.45, 2.75) is 64.2 Å². The third-order valence-electron chi connectivity index (χ3n) is 6.63. The summed E-state index contributed by atoms with van der Waals surface area (Å²) in [7, 11) is 0. The van der Waals surface area contributed by atoms with Crippen LogP contribution in [0.3, 0.4) is 0 Å². The van der Waals surface area contributed by atoms with Crippen LogP contribution in [0.15, 0.2) is 30.3 Å². The number of carbonyl (C=O) groups excluding carboxylic acids is 1. The van der Waals surface area contributed by atoms with E-state index < -0.39 is 12.2 Å². The van der Waals surface area contributed by atoms with Gasteiger partial charge in [0.05, 0.1) is 11.6 Å². The van der Waals surface area contributed by atoms with Crippen LogP contribution in [0.4, 0.5) is 19.0 Å². The Morgan fingerprint density at radius 3 is 2.61 bits per heavy atom. The quantitative estimate of drug-likeness (QED) is 0.753. The van der Waals surface area contributed by atoms with Gasteiger partial charge < -0.3 is 10.2 Å². The van der Waals surface area contributed by atoms with E-state index in [0.29, 0.717) is 24.6 Å². The Bertz CT molecular complexity index is 937. The van der Waals surface area contributed by atoms with Crippen molar-refractivity contribution in [3.63, 3.8) is 0 Å². The second kappa shape index (κ2) is 8.20. The lowest BCUT2D eigenvalue weighted by Gasteiger charge is -2.42. The number of rotatable bonds is 3. The smallest absolute Gasteiger partial charge is 0.367 e. The first-order valence-electron chi connectivity index (χ1n) is 10.9. The van der Waals surface area contributed by atoms with E-state index in [-0.39, 0.29) is 30.2 Å². The molecule has 1 aromatic heterocycles. The molecular formula is C23H29F3N4O. The lowest BCUT2D eigenvalue weighted by atomic mass is 9.85. The number of hydrogen-bond acceptors (Lipinski definition) is 3.